The maximum atomic E-state index is 15.0. The van der Waals surface area contributed by atoms with Crippen molar-refractivity contribution in [2.24, 2.45) is 5.92 Å². The van der Waals surface area contributed by atoms with Gasteiger partial charge in [0.05, 0.1) is 38.1 Å². The first kappa shape index (κ1) is 43.6. The van der Waals surface area contributed by atoms with E-state index in [-0.39, 0.29) is 43.2 Å². The number of carbonyl (C=O) groups is 1. The van der Waals surface area contributed by atoms with E-state index in [0.717, 1.165) is 43.6 Å². The van der Waals surface area contributed by atoms with Crippen molar-refractivity contribution in [1.29, 1.82) is 0 Å². The molecule has 0 saturated carbocycles. The molecule has 2 aliphatic heterocycles. The number of hydrogen-bond acceptors (Lipinski definition) is 12. The Kier molecular flexibility index (Phi) is 13.6. The monoisotopic (exact) mass is 866 g/mol. The molecule has 0 aliphatic carbocycles. The van der Waals surface area contributed by atoms with Gasteiger partial charge in [-0.25, -0.2) is 37.1 Å². The number of carbonyl (C=O) groups excluding carboxylic acids is 1. The van der Waals surface area contributed by atoms with E-state index in [1.54, 1.807) is 17.9 Å². The average molecular weight is 867 g/mol. The fourth-order valence-electron chi connectivity index (χ4n) is 7.97. The van der Waals surface area contributed by atoms with Crippen LogP contribution in [0.5, 0.6) is 5.75 Å². The summed E-state index contributed by atoms with van der Waals surface area (Å²) < 4.78 is 66.3. The van der Waals surface area contributed by atoms with Gasteiger partial charge in [-0.2, -0.15) is 10.2 Å². The second kappa shape index (κ2) is 19.1. The van der Waals surface area contributed by atoms with Gasteiger partial charge in [-0.15, -0.1) is 0 Å². The molecule has 0 bridgehead atoms. The predicted octanol–water partition coefficient (Wildman–Crippen LogP) is 5.01. The molecule has 2 aromatic heterocycles. The Labute approximate surface area is 350 Å². The summed E-state index contributed by atoms with van der Waals surface area (Å²) in [6, 6.07) is 18.7. The summed E-state index contributed by atoms with van der Waals surface area (Å²) in [5, 5.41) is 8.50. The third-order valence-electron chi connectivity index (χ3n) is 11.0. The normalized spacial score (nSPS) is 19.2. The number of rotatable bonds is 18. The van der Waals surface area contributed by atoms with Crippen LogP contribution < -0.4 is 20.2 Å². The number of benzene rings is 3. The Morgan fingerprint density at radius 2 is 1.64 bits per heavy atom. The molecule has 3 aromatic carbocycles. The fourth-order valence-corrected chi connectivity index (χ4v) is 8.34. The molecule has 326 valence electrons. The van der Waals surface area contributed by atoms with Crippen LogP contribution in [0.2, 0.25) is 0 Å². The topological polar surface area (TPSA) is 189 Å². The highest BCUT2D eigenvalue weighted by molar-refractivity contribution is 7.46. The largest absolute Gasteiger partial charge is 0.493 e. The van der Waals surface area contributed by atoms with Crippen molar-refractivity contribution in [2.45, 2.75) is 63.8 Å². The minimum Gasteiger partial charge on any atom is -0.493 e. The third-order valence-corrected chi connectivity index (χ3v) is 11.6. The molecule has 17 nitrogen and oxygen atoms in total. The van der Waals surface area contributed by atoms with Crippen LogP contribution in [0.3, 0.4) is 0 Å². The van der Waals surface area contributed by atoms with Crippen molar-refractivity contribution in [3.63, 3.8) is 0 Å². The third kappa shape index (κ3) is 10.7. The van der Waals surface area contributed by atoms with Crippen LogP contribution in [0.4, 0.5) is 20.2 Å². The Bertz CT molecular complexity index is 2330. The Morgan fingerprint density at radius 3 is 2.26 bits per heavy atom. The maximum Gasteiger partial charge on any atom is 0.469 e. The van der Waals surface area contributed by atoms with Crippen LogP contribution in [-0.4, -0.2) is 97.0 Å². The van der Waals surface area contributed by atoms with Crippen molar-refractivity contribution in [1.82, 2.24) is 29.1 Å². The molecule has 2 fully saturated rings. The molecule has 20 heteroatoms. The number of halogens is 2. The van der Waals surface area contributed by atoms with Crippen molar-refractivity contribution < 1.29 is 46.7 Å². The first-order chi connectivity index (χ1) is 29.3. The SMILES string of the molecule is CC[C@@H]([C@H](C)OC(=O)CCCOP(=O)(O)O)n1ncn(-c2ccc(N3CCN(c4ccc(OC[C@@H]5CO[C@@](Cn6cncn6)(c6ccc(F)cc6F)C5)cc4)CC3)cc2)c1=O. The molecule has 0 amide bonds. The minimum absolute atomic E-state index is 0.0403. The molecule has 2 aliphatic rings. The number of ether oxygens (including phenoxy) is 3. The van der Waals surface area contributed by atoms with Crippen molar-refractivity contribution in [3.8, 4) is 11.4 Å². The molecule has 2 saturated heterocycles. The molecule has 4 heterocycles. The summed E-state index contributed by atoms with van der Waals surface area (Å²) in [6.45, 7) is 7.33. The van der Waals surface area contributed by atoms with E-state index >= 15 is 4.39 Å². The summed E-state index contributed by atoms with van der Waals surface area (Å²) >= 11 is 0. The van der Waals surface area contributed by atoms with Crippen molar-refractivity contribution in [3.05, 3.63) is 113 Å². The van der Waals surface area contributed by atoms with Crippen LogP contribution in [0, 0.1) is 17.6 Å². The average Bonchev–Trinajstić information content (AvgIpc) is 4.00. The zero-order chi connectivity index (χ0) is 43.1. The minimum atomic E-state index is -4.61. The Balaban J connectivity index is 0.886. The van der Waals surface area contributed by atoms with E-state index in [9.17, 15) is 18.5 Å². The fraction of sp³-hybridized carbons (Fsp3) is 0.439. The smallest absolute Gasteiger partial charge is 0.469 e. The second-order valence-electron chi connectivity index (χ2n) is 15.2. The zero-order valence-electron chi connectivity index (χ0n) is 33.8. The lowest BCUT2D eigenvalue weighted by Gasteiger charge is -2.37. The number of phosphoric acid groups is 1. The zero-order valence-corrected chi connectivity index (χ0v) is 34.7. The highest BCUT2D eigenvalue weighted by Crippen LogP contribution is 2.42. The van der Waals surface area contributed by atoms with E-state index in [0.29, 0.717) is 37.5 Å². The molecule has 4 atom stereocenters. The lowest BCUT2D eigenvalue weighted by molar-refractivity contribution is -0.151. The van der Waals surface area contributed by atoms with E-state index in [1.807, 2.05) is 55.5 Å². The molecular weight excluding hydrogens is 817 g/mol. The summed E-state index contributed by atoms with van der Waals surface area (Å²) in [6.07, 6.45) is 4.59. The number of piperazine rings is 1. The van der Waals surface area contributed by atoms with E-state index in [1.165, 1.54) is 34.0 Å². The number of anilines is 2. The van der Waals surface area contributed by atoms with E-state index < -0.39 is 43.2 Å². The highest BCUT2D eigenvalue weighted by atomic mass is 31.2. The van der Waals surface area contributed by atoms with Crippen molar-refractivity contribution >= 4 is 25.2 Å². The van der Waals surface area contributed by atoms with E-state index in [4.69, 9.17) is 24.0 Å². The second-order valence-corrected chi connectivity index (χ2v) is 16.5. The molecule has 2 N–H and O–H groups in total. The summed E-state index contributed by atoms with van der Waals surface area (Å²) in [5.74, 6) is -1.23. The van der Waals surface area contributed by atoms with Crippen LogP contribution in [0.25, 0.3) is 5.69 Å². The molecular formula is C41H49F2N8O9P. The first-order valence-corrected chi connectivity index (χ1v) is 21.6. The highest BCUT2D eigenvalue weighted by Gasteiger charge is 2.44. The lowest BCUT2D eigenvalue weighted by atomic mass is 9.87. The number of nitrogens with zero attached hydrogens (tertiary/aromatic N) is 8. The van der Waals surface area contributed by atoms with Gasteiger partial charge in [-0.05, 0) is 80.8 Å². The molecule has 61 heavy (non-hydrogen) atoms. The molecule has 7 rings (SSSR count). The quantitative estimate of drug-likeness (QED) is 0.0679. The van der Waals surface area contributed by atoms with Gasteiger partial charge in [0.15, 0.2) is 0 Å². The molecule has 0 radical (unpaired) electrons. The van der Waals surface area contributed by atoms with Gasteiger partial charge in [0, 0.05) is 61.5 Å². The van der Waals surface area contributed by atoms with Gasteiger partial charge >= 0.3 is 19.5 Å². The van der Waals surface area contributed by atoms with Crippen LogP contribution in [0.1, 0.15) is 51.1 Å². The van der Waals surface area contributed by atoms with E-state index in [2.05, 4.69) is 29.5 Å². The number of hydrogen-bond donors (Lipinski definition) is 2. The van der Waals surface area contributed by atoms with Gasteiger partial charge in [-0.1, -0.05) is 13.0 Å². The first-order valence-electron chi connectivity index (χ1n) is 20.1. The summed E-state index contributed by atoms with van der Waals surface area (Å²) in [7, 11) is -4.61. The standard InChI is InChI=1S/C41H49F2N8O9P/c1-3-38(29(2)60-39(52)5-4-20-59-61(54,55)56)51-40(53)50(28-46-51)34-9-7-32(8-10-34)47-16-18-48(19-17-47)33-11-13-35(14-12-33)57-23-30-22-41(58-24-30,25-49-27-44-26-45-49)36-15-6-31(42)21-37(36)43/h6-15,21,26-30,38H,3-5,16-20,22-25H2,1-2H3,(H2,54,55,56)/t29-,30+,38-,41-/m0/s1. The van der Waals surface area contributed by atoms with Gasteiger partial charge in [0.1, 0.15) is 48.1 Å². The van der Waals surface area contributed by atoms with Crippen LogP contribution >= 0.6 is 7.82 Å². The molecule has 0 unspecified atom stereocenters. The van der Waals surface area contributed by atoms with Gasteiger partial charge < -0.3 is 33.8 Å². The Morgan fingerprint density at radius 1 is 0.967 bits per heavy atom. The van der Waals surface area contributed by atoms with Crippen molar-refractivity contribution in [2.75, 3.05) is 55.8 Å². The Hall–Kier alpha value is -5.46. The maximum absolute atomic E-state index is 15.0. The number of esters is 1. The van der Waals surface area contributed by atoms with Crippen LogP contribution in [-0.2, 0) is 35.5 Å². The van der Waals surface area contributed by atoms with Gasteiger partial charge in [-0.3, -0.25) is 9.32 Å². The molecule has 0 spiro atoms. The summed E-state index contributed by atoms with van der Waals surface area (Å²) in [4.78, 5) is 52.0. The summed E-state index contributed by atoms with van der Waals surface area (Å²) in [5.41, 5.74) is 1.59. The van der Waals surface area contributed by atoms with Gasteiger partial charge in [0.2, 0.25) is 0 Å². The van der Waals surface area contributed by atoms with Gasteiger partial charge in [0.25, 0.3) is 0 Å². The predicted molar refractivity (Wildman–Crippen MR) is 218 cm³/mol. The number of phosphoric ester groups is 1. The molecule has 5 aromatic rings. The lowest BCUT2D eigenvalue weighted by Crippen LogP contribution is -2.46. The van der Waals surface area contributed by atoms with Crippen LogP contribution in [0.15, 0.2) is 90.5 Å². The number of aromatic nitrogens is 6.